The highest BCUT2D eigenvalue weighted by Crippen LogP contribution is 2.22. The second-order valence-corrected chi connectivity index (χ2v) is 7.17. The van der Waals surface area contributed by atoms with Gasteiger partial charge in [-0.05, 0) is 68.1 Å². The lowest BCUT2D eigenvalue weighted by atomic mass is 9.90. The van der Waals surface area contributed by atoms with E-state index in [-0.39, 0.29) is 6.03 Å². The van der Waals surface area contributed by atoms with Crippen molar-refractivity contribution in [2.24, 2.45) is 0 Å². The minimum Gasteiger partial charge on any atom is -0.378 e. The molecule has 0 bridgehead atoms. The number of hydrogen-bond acceptors (Lipinski definition) is 2. The van der Waals surface area contributed by atoms with Crippen LogP contribution in [0, 0.1) is 0 Å². The molecule has 1 N–H and O–H groups in total. The molecular weight excluding hydrogens is 300 g/mol. The van der Waals surface area contributed by atoms with Gasteiger partial charge in [-0.15, -0.1) is 0 Å². The topological polar surface area (TPSA) is 41.6 Å². The molecule has 4 nitrogen and oxygen atoms in total. The molecule has 24 heavy (non-hydrogen) atoms. The molecule has 1 heterocycles. The highest BCUT2D eigenvalue weighted by atomic mass is 16.5. The SMILES string of the molecule is CN(CCC[C@@H]1CCCO1)C(=O)NCc1ccc2c(c1)CCCC2. The van der Waals surface area contributed by atoms with Gasteiger partial charge in [0.2, 0.25) is 0 Å². The summed E-state index contributed by atoms with van der Waals surface area (Å²) in [6.07, 6.45) is 9.81. The molecular formula is C20H30N2O2. The van der Waals surface area contributed by atoms with E-state index >= 15 is 0 Å². The predicted octanol–water partition coefficient (Wildman–Crippen LogP) is 3.67. The third-order valence-electron chi connectivity index (χ3n) is 5.25. The summed E-state index contributed by atoms with van der Waals surface area (Å²) in [6, 6.07) is 6.68. The molecule has 1 aromatic rings. The Morgan fingerprint density at radius 2 is 2.08 bits per heavy atom. The van der Waals surface area contributed by atoms with Gasteiger partial charge in [-0.2, -0.15) is 0 Å². The van der Waals surface area contributed by atoms with Crippen LogP contribution in [0.3, 0.4) is 0 Å². The van der Waals surface area contributed by atoms with Crippen LogP contribution in [0.4, 0.5) is 4.79 Å². The fraction of sp³-hybridized carbons (Fsp3) is 0.650. The lowest BCUT2D eigenvalue weighted by Gasteiger charge is -2.20. The zero-order valence-electron chi connectivity index (χ0n) is 14.9. The summed E-state index contributed by atoms with van der Waals surface area (Å²) < 4.78 is 5.63. The van der Waals surface area contributed by atoms with Crippen molar-refractivity contribution in [3.8, 4) is 0 Å². The fourth-order valence-electron chi connectivity index (χ4n) is 3.74. The molecule has 0 saturated carbocycles. The van der Waals surface area contributed by atoms with Crippen LogP contribution in [0.5, 0.6) is 0 Å². The Bertz CT molecular complexity index is 553. The molecule has 0 unspecified atom stereocenters. The van der Waals surface area contributed by atoms with Crippen molar-refractivity contribution in [2.45, 2.75) is 64.0 Å². The van der Waals surface area contributed by atoms with Crippen LogP contribution in [0.1, 0.15) is 55.2 Å². The largest absolute Gasteiger partial charge is 0.378 e. The first kappa shape index (κ1) is 17.3. The van der Waals surface area contributed by atoms with Gasteiger partial charge in [0, 0.05) is 26.7 Å². The standard InChI is InChI=1S/C20H30N2O2/c1-22(12-4-8-19-9-5-13-24-19)20(23)21-15-16-10-11-17-6-2-3-7-18(17)14-16/h10-11,14,19H,2-9,12-13,15H2,1H3,(H,21,23)/t19-/m1/s1. The molecule has 0 aromatic heterocycles. The third kappa shape index (κ3) is 4.73. The van der Waals surface area contributed by atoms with E-state index in [0.29, 0.717) is 12.6 Å². The number of rotatable bonds is 6. The first-order valence-electron chi connectivity index (χ1n) is 9.43. The summed E-state index contributed by atoms with van der Waals surface area (Å²) >= 11 is 0. The van der Waals surface area contributed by atoms with Crippen molar-refractivity contribution < 1.29 is 9.53 Å². The molecule has 1 fully saturated rings. The summed E-state index contributed by atoms with van der Waals surface area (Å²) in [6.45, 7) is 2.31. The molecule has 1 atom stereocenters. The van der Waals surface area contributed by atoms with Crippen LogP contribution in [-0.4, -0.2) is 37.2 Å². The van der Waals surface area contributed by atoms with Crippen molar-refractivity contribution in [1.82, 2.24) is 10.2 Å². The molecule has 132 valence electrons. The van der Waals surface area contributed by atoms with Crippen molar-refractivity contribution in [3.05, 3.63) is 34.9 Å². The van der Waals surface area contributed by atoms with Gasteiger partial charge in [0.05, 0.1) is 6.10 Å². The van der Waals surface area contributed by atoms with Crippen LogP contribution in [-0.2, 0) is 24.1 Å². The zero-order valence-corrected chi connectivity index (χ0v) is 14.9. The second-order valence-electron chi connectivity index (χ2n) is 7.17. The van der Waals surface area contributed by atoms with E-state index in [1.807, 2.05) is 7.05 Å². The van der Waals surface area contributed by atoms with Gasteiger partial charge in [-0.1, -0.05) is 18.2 Å². The molecule has 3 rings (SSSR count). The first-order valence-corrected chi connectivity index (χ1v) is 9.43. The third-order valence-corrected chi connectivity index (χ3v) is 5.25. The van der Waals surface area contributed by atoms with Crippen LogP contribution >= 0.6 is 0 Å². The summed E-state index contributed by atoms with van der Waals surface area (Å²) in [4.78, 5) is 14.0. The summed E-state index contributed by atoms with van der Waals surface area (Å²) in [5.41, 5.74) is 4.16. The normalized spacial score (nSPS) is 19.8. The monoisotopic (exact) mass is 330 g/mol. The van der Waals surface area contributed by atoms with Gasteiger partial charge in [0.1, 0.15) is 0 Å². The number of hydrogen-bond donors (Lipinski definition) is 1. The minimum atomic E-state index is 0.0139. The summed E-state index contributed by atoms with van der Waals surface area (Å²) in [5, 5.41) is 3.04. The highest BCUT2D eigenvalue weighted by Gasteiger charge is 2.16. The average molecular weight is 330 g/mol. The Morgan fingerprint density at radius 1 is 1.25 bits per heavy atom. The number of nitrogens with one attached hydrogen (secondary N) is 1. The van der Waals surface area contributed by atoms with E-state index < -0.39 is 0 Å². The van der Waals surface area contributed by atoms with Crippen LogP contribution in [0.2, 0.25) is 0 Å². The van der Waals surface area contributed by atoms with E-state index in [4.69, 9.17) is 4.74 Å². The number of carbonyl (C=O) groups excluding carboxylic acids is 1. The molecule has 2 amide bonds. The first-order chi connectivity index (χ1) is 11.7. The predicted molar refractivity (Wildman–Crippen MR) is 96.2 cm³/mol. The number of nitrogens with zero attached hydrogens (tertiary/aromatic N) is 1. The quantitative estimate of drug-likeness (QED) is 0.865. The average Bonchev–Trinajstić information content (AvgIpc) is 3.12. The maximum atomic E-state index is 12.2. The van der Waals surface area contributed by atoms with Gasteiger partial charge in [0.15, 0.2) is 0 Å². The molecule has 1 aromatic carbocycles. The maximum absolute atomic E-state index is 12.2. The lowest BCUT2D eigenvalue weighted by molar-refractivity contribution is 0.100. The lowest BCUT2D eigenvalue weighted by Crippen LogP contribution is -2.37. The van der Waals surface area contributed by atoms with E-state index in [1.165, 1.54) is 55.2 Å². The Morgan fingerprint density at radius 3 is 2.88 bits per heavy atom. The number of ether oxygens (including phenoxy) is 1. The zero-order chi connectivity index (χ0) is 16.8. The summed E-state index contributed by atoms with van der Waals surface area (Å²) in [7, 11) is 1.87. The Balaban J connectivity index is 1.39. The van der Waals surface area contributed by atoms with Gasteiger partial charge in [-0.3, -0.25) is 0 Å². The Labute approximate surface area is 145 Å². The van der Waals surface area contributed by atoms with E-state index in [0.717, 1.165) is 26.0 Å². The maximum Gasteiger partial charge on any atom is 0.317 e. The van der Waals surface area contributed by atoms with Crippen LogP contribution < -0.4 is 5.32 Å². The molecule has 0 radical (unpaired) electrons. The minimum absolute atomic E-state index is 0.0139. The summed E-state index contributed by atoms with van der Waals surface area (Å²) in [5.74, 6) is 0. The van der Waals surface area contributed by atoms with Crippen molar-refractivity contribution in [3.63, 3.8) is 0 Å². The number of benzene rings is 1. The Hall–Kier alpha value is -1.55. The van der Waals surface area contributed by atoms with E-state index in [2.05, 4.69) is 23.5 Å². The molecule has 1 aliphatic carbocycles. The molecule has 4 heteroatoms. The number of carbonyl (C=O) groups is 1. The van der Waals surface area contributed by atoms with Crippen molar-refractivity contribution >= 4 is 6.03 Å². The van der Waals surface area contributed by atoms with Gasteiger partial charge in [-0.25, -0.2) is 4.79 Å². The van der Waals surface area contributed by atoms with Crippen molar-refractivity contribution in [1.29, 1.82) is 0 Å². The van der Waals surface area contributed by atoms with E-state index in [9.17, 15) is 4.79 Å². The van der Waals surface area contributed by atoms with Crippen LogP contribution in [0.25, 0.3) is 0 Å². The number of urea groups is 1. The molecule has 1 saturated heterocycles. The second kappa shape index (κ2) is 8.52. The van der Waals surface area contributed by atoms with Gasteiger partial charge < -0.3 is 15.0 Å². The number of amides is 2. The fourth-order valence-corrected chi connectivity index (χ4v) is 3.74. The molecule has 2 aliphatic rings. The number of aryl methyl sites for hydroxylation is 2. The van der Waals surface area contributed by atoms with Crippen LogP contribution in [0.15, 0.2) is 18.2 Å². The van der Waals surface area contributed by atoms with Gasteiger partial charge in [0.25, 0.3) is 0 Å². The van der Waals surface area contributed by atoms with Gasteiger partial charge >= 0.3 is 6.03 Å². The smallest absolute Gasteiger partial charge is 0.317 e. The molecule has 0 spiro atoms. The highest BCUT2D eigenvalue weighted by molar-refractivity contribution is 5.73. The Kier molecular flexibility index (Phi) is 6.13. The number of fused-ring (bicyclic) bond motifs is 1. The molecule has 1 aliphatic heterocycles. The van der Waals surface area contributed by atoms with E-state index in [1.54, 1.807) is 4.90 Å². The van der Waals surface area contributed by atoms with Crippen molar-refractivity contribution in [2.75, 3.05) is 20.2 Å².